The van der Waals surface area contributed by atoms with Crippen LogP contribution in [0.3, 0.4) is 0 Å². The summed E-state index contributed by atoms with van der Waals surface area (Å²) in [5.74, 6) is -2.56. The molecule has 3 heterocycles. The minimum atomic E-state index is -1.40. The van der Waals surface area contributed by atoms with Gasteiger partial charge in [-0.15, -0.1) is 0 Å². The minimum absolute atomic E-state index is 0.244. The highest BCUT2D eigenvalue weighted by molar-refractivity contribution is 9.10. The van der Waals surface area contributed by atoms with E-state index in [0.717, 1.165) is 15.7 Å². The molecule has 0 aromatic heterocycles. The molecule has 1 spiro atoms. The molecule has 7 rings (SSSR count). The van der Waals surface area contributed by atoms with Gasteiger partial charge in [0.25, 0.3) is 0 Å². The van der Waals surface area contributed by atoms with Crippen molar-refractivity contribution in [1.82, 2.24) is 0 Å². The normalized spacial score (nSPS) is 23.9. The second-order valence-corrected chi connectivity index (χ2v) is 11.2. The van der Waals surface area contributed by atoms with Gasteiger partial charge >= 0.3 is 0 Å². The van der Waals surface area contributed by atoms with Crippen LogP contribution >= 0.6 is 15.9 Å². The van der Waals surface area contributed by atoms with Gasteiger partial charge in [0.1, 0.15) is 17.3 Å². The Bertz CT molecular complexity index is 1730. The van der Waals surface area contributed by atoms with Crippen LogP contribution in [0.25, 0.3) is 6.08 Å². The third-order valence-electron chi connectivity index (χ3n) is 8.35. The van der Waals surface area contributed by atoms with Gasteiger partial charge in [0.2, 0.25) is 5.91 Å². The van der Waals surface area contributed by atoms with Crippen LogP contribution < -0.4 is 10.2 Å². The molecule has 0 aliphatic carbocycles. The van der Waals surface area contributed by atoms with Gasteiger partial charge in [0.05, 0.1) is 12.0 Å². The molecule has 3 aliphatic rings. The number of ketones is 2. The summed E-state index contributed by atoms with van der Waals surface area (Å²) in [7, 11) is 0. The average Bonchev–Trinajstić information content (AvgIpc) is 3.45. The first-order valence-electron chi connectivity index (χ1n) is 13.0. The largest absolute Gasteiger partial charge is 0.352 e. The molecule has 1 fully saturated rings. The summed E-state index contributed by atoms with van der Waals surface area (Å²) in [6.07, 6.45) is 3.89. The second kappa shape index (κ2) is 9.10. The summed E-state index contributed by atoms with van der Waals surface area (Å²) in [5, 5.41) is 3.01. The standard InChI is InChI=1S/C33H22BrFN2O3/c34-22-14-9-21(10-15-22)31(39)29-28(30(38)20-11-16-23(35)17-12-20)33(24-6-2-3-7-25(24)36-32(33)40)27-18-13-19-5-1-4-8-26(19)37(27)29/h1-18,27-29H,(H,36,40)/t27-,28+,29-,33-/m0/s1. The average molecular weight is 593 g/mol. The molecular formula is C33H22BrFN2O3. The van der Waals surface area contributed by atoms with Crippen LogP contribution in [-0.4, -0.2) is 29.6 Å². The molecule has 0 saturated carbocycles. The molecule has 1 saturated heterocycles. The van der Waals surface area contributed by atoms with Gasteiger partial charge in [0.15, 0.2) is 11.6 Å². The number of amides is 1. The topological polar surface area (TPSA) is 66.5 Å². The van der Waals surface area contributed by atoms with Crippen molar-refractivity contribution >= 4 is 50.9 Å². The van der Waals surface area contributed by atoms with E-state index in [2.05, 4.69) is 21.2 Å². The molecule has 1 amide bonds. The minimum Gasteiger partial charge on any atom is -0.352 e. The number of Topliss-reactive ketones (excluding diaryl/α,β-unsaturated/α-hetero) is 2. The SMILES string of the molecule is O=C(c1ccc(Br)cc1)[C@@H]1[C@H](C(=O)c2ccc(F)cc2)[C@@]2(C(=O)Nc3ccccc32)[C@@H]2C=Cc3ccccc3N12. The molecule has 0 unspecified atom stereocenters. The van der Waals surface area contributed by atoms with E-state index >= 15 is 0 Å². The zero-order chi connectivity index (χ0) is 27.6. The second-order valence-electron chi connectivity index (χ2n) is 10.3. The maximum absolute atomic E-state index is 14.6. The highest BCUT2D eigenvalue weighted by atomic mass is 79.9. The number of para-hydroxylation sites is 2. The van der Waals surface area contributed by atoms with Gasteiger partial charge < -0.3 is 10.2 Å². The van der Waals surface area contributed by atoms with Crippen molar-refractivity contribution in [2.75, 3.05) is 10.2 Å². The zero-order valence-corrected chi connectivity index (χ0v) is 22.6. The van der Waals surface area contributed by atoms with E-state index in [1.54, 1.807) is 24.3 Å². The van der Waals surface area contributed by atoms with E-state index < -0.39 is 29.2 Å². The number of hydrogen-bond donors (Lipinski definition) is 1. The fourth-order valence-corrected chi connectivity index (χ4v) is 6.96. The number of halogens is 2. The van der Waals surface area contributed by atoms with Gasteiger partial charge in [0, 0.05) is 27.0 Å². The van der Waals surface area contributed by atoms with Gasteiger partial charge in [-0.25, -0.2) is 4.39 Å². The Balaban J connectivity index is 1.53. The molecule has 0 bridgehead atoms. The number of anilines is 2. The lowest BCUT2D eigenvalue weighted by molar-refractivity contribution is -0.121. The molecule has 3 aliphatic heterocycles. The lowest BCUT2D eigenvalue weighted by atomic mass is 9.64. The number of carbonyl (C=O) groups excluding carboxylic acids is 3. The van der Waals surface area contributed by atoms with E-state index in [1.807, 2.05) is 65.6 Å². The van der Waals surface area contributed by atoms with E-state index in [1.165, 1.54) is 24.3 Å². The van der Waals surface area contributed by atoms with E-state index in [9.17, 15) is 18.8 Å². The summed E-state index contributed by atoms with van der Waals surface area (Å²) in [5.41, 5.74) is 2.23. The molecule has 5 nitrogen and oxygen atoms in total. The van der Waals surface area contributed by atoms with Crippen molar-refractivity contribution in [1.29, 1.82) is 0 Å². The molecule has 1 N–H and O–H groups in total. The fourth-order valence-electron chi connectivity index (χ4n) is 6.70. The molecule has 4 aromatic carbocycles. The van der Waals surface area contributed by atoms with Gasteiger partial charge in [-0.3, -0.25) is 14.4 Å². The Morgan fingerprint density at radius 2 is 1.48 bits per heavy atom. The Labute approximate surface area is 238 Å². The third kappa shape index (κ3) is 3.40. The third-order valence-corrected chi connectivity index (χ3v) is 8.88. The van der Waals surface area contributed by atoms with Crippen molar-refractivity contribution in [3.8, 4) is 0 Å². The predicted octanol–water partition coefficient (Wildman–Crippen LogP) is 6.44. The number of rotatable bonds is 4. The molecule has 4 atom stereocenters. The summed E-state index contributed by atoms with van der Waals surface area (Å²) >= 11 is 3.43. The van der Waals surface area contributed by atoms with Crippen LogP contribution in [0.1, 0.15) is 31.8 Å². The quantitative estimate of drug-likeness (QED) is 0.277. The van der Waals surface area contributed by atoms with Crippen molar-refractivity contribution < 1.29 is 18.8 Å². The van der Waals surface area contributed by atoms with Crippen LogP contribution in [0, 0.1) is 11.7 Å². The first kappa shape index (κ1) is 24.7. The Morgan fingerprint density at radius 1 is 0.825 bits per heavy atom. The lowest BCUT2D eigenvalue weighted by Crippen LogP contribution is -2.51. The maximum atomic E-state index is 14.6. The fraction of sp³-hybridized carbons (Fsp3) is 0.121. The molecule has 40 heavy (non-hydrogen) atoms. The molecule has 0 radical (unpaired) electrons. The van der Waals surface area contributed by atoms with Crippen molar-refractivity contribution in [3.63, 3.8) is 0 Å². The molecular weight excluding hydrogens is 571 g/mol. The van der Waals surface area contributed by atoms with Crippen molar-refractivity contribution in [2.24, 2.45) is 5.92 Å². The van der Waals surface area contributed by atoms with E-state index in [-0.39, 0.29) is 23.0 Å². The zero-order valence-electron chi connectivity index (χ0n) is 21.1. The predicted molar refractivity (Wildman–Crippen MR) is 155 cm³/mol. The number of hydrogen-bond acceptors (Lipinski definition) is 4. The Morgan fingerprint density at radius 3 is 2.25 bits per heavy atom. The number of nitrogens with one attached hydrogen (secondary N) is 1. The van der Waals surface area contributed by atoms with Crippen LogP contribution in [0.15, 0.2) is 108 Å². The van der Waals surface area contributed by atoms with Gasteiger partial charge in [-0.1, -0.05) is 76.6 Å². The van der Waals surface area contributed by atoms with Gasteiger partial charge in [-0.05, 0) is 59.7 Å². The summed E-state index contributed by atoms with van der Waals surface area (Å²) < 4.78 is 14.7. The van der Waals surface area contributed by atoms with Crippen LogP contribution in [0.4, 0.5) is 15.8 Å². The van der Waals surface area contributed by atoms with Crippen LogP contribution in [0.2, 0.25) is 0 Å². The first-order chi connectivity index (χ1) is 19.4. The number of nitrogens with zero attached hydrogens (tertiary/aromatic N) is 1. The molecule has 7 heteroatoms. The molecule has 4 aromatic rings. The van der Waals surface area contributed by atoms with Crippen molar-refractivity contribution in [3.05, 3.63) is 136 Å². The number of benzene rings is 4. The molecule has 196 valence electrons. The highest BCUT2D eigenvalue weighted by Gasteiger charge is 2.70. The van der Waals surface area contributed by atoms with E-state index in [0.29, 0.717) is 16.8 Å². The first-order valence-corrected chi connectivity index (χ1v) is 13.8. The smallest absolute Gasteiger partial charge is 0.238 e. The van der Waals surface area contributed by atoms with Crippen molar-refractivity contribution in [2.45, 2.75) is 17.5 Å². The summed E-state index contributed by atoms with van der Waals surface area (Å²) in [4.78, 5) is 45.4. The number of carbonyl (C=O) groups is 3. The number of fused-ring (bicyclic) bond motifs is 6. The van der Waals surface area contributed by atoms with Gasteiger partial charge in [-0.2, -0.15) is 0 Å². The summed E-state index contributed by atoms with van der Waals surface area (Å²) in [6, 6.07) is 25.7. The highest BCUT2D eigenvalue weighted by Crippen LogP contribution is 2.58. The Kier molecular flexibility index (Phi) is 5.61. The monoisotopic (exact) mass is 592 g/mol. The maximum Gasteiger partial charge on any atom is 0.238 e. The lowest BCUT2D eigenvalue weighted by Gasteiger charge is -2.37. The Hall–Kier alpha value is -4.36. The van der Waals surface area contributed by atoms with Crippen LogP contribution in [0.5, 0.6) is 0 Å². The van der Waals surface area contributed by atoms with E-state index in [4.69, 9.17) is 0 Å². The van der Waals surface area contributed by atoms with Crippen LogP contribution in [-0.2, 0) is 10.2 Å². The summed E-state index contributed by atoms with van der Waals surface area (Å²) in [6.45, 7) is 0.